The fourth-order valence-electron chi connectivity index (χ4n) is 2.49. The highest BCUT2D eigenvalue weighted by atomic mass is 19.1. The molecule has 1 N–H and O–H groups in total. The van der Waals surface area contributed by atoms with Crippen molar-refractivity contribution in [1.29, 1.82) is 0 Å². The summed E-state index contributed by atoms with van der Waals surface area (Å²) in [6.45, 7) is 2.11. The van der Waals surface area contributed by atoms with E-state index in [-0.39, 0.29) is 0 Å². The number of aliphatic hydroxyl groups excluding tert-OH is 1. The third kappa shape index (κ3) is 6.28. The summed E-state index contributed by atoms with van der Waals surface area (Å²) in [5, 5.41) is 10.1. The summed E-state index contributed by atoms with van der Waals surface area (Å²) in [7, 11) is 0. The second kappa shape index (κ2) is 10.0. The number of pyridine rings is 1. The number of hydrogen-bond donors (Lipinski definition) is 1. The molecule has 24 heavy (non-hydrogen) atoms. The van der Waals surface area contributed by atoms with Crippen molar-refractivity contribution < 1.29 is 14.2 Å². The fraction of sp³-hybridized carbons (Fsp3) is 0.450. The van der Waals surface area contributed by atoms with Gasteiger partial charge in [0.1, 0.15) is 11.9 Å². The van der Waals surface area contributed by atoms with Crippen molar-refractivity contribution >= 4 is 10.9 Å². The van der Waals surface area contributed by atoms with Gasteiger partial charge >= 0.3 is 0 Å². The zero-order valence-electron chi connectivity index (χ0n) is 14.2. The average molecular weight is 331 g/mol. The van der Waals surface area contributed by atoms with Crippen LogP contribution >= 0.6 is 0 Å². The Labute approximate surface area is 143 Å². The van der Waals surface area contributed by atoms with Crippen LogP contribution < -0.4 is 4.74 Å². The quantitative estimate of drug-likeness (QED) is 0.609. The third-order valence-electron chi connectivity index (χ3n) is 3.91. The maximum atomic E-state index is 13.0. The molecule has 0 amide bonds. The molecule has 1 aromatic carbocycles. The monoisotopic (exact) mass is 331 g/mol. The Hall–Kier alpha value is -1.94. The number of aliphatic hydroxyl groups is 1. The van der Waals surface area contributed by atoms with E-state index in [4.69, 9.17) is 9.84 Å². The number of nitrogens with zero attached hydrogens (tertiary/aromatic N) is 1. The van der Waals surface area contributed by atoms with Gasteiger partial charge in [0.25, 0.3) is 0 Å². The number of allylic oxidation sites excluding steroid dienone is 1. The molecule has 0 spiro atoms. The van der Waals surface area contributed by atoms with Gasteiger partial charge in [0.05, 0.1) is 12.1 Å². The van der Waals surface area contributed by atoms with E-state index in [9.17, 15) is 4.39 Å². The van der Waals surface area contributed by atoms with E-state index in [0.29, 0.717) is 18.9 Å². The number of para-hydroxylation sites is 1. The zero-order valence-corrected chi connectivity index (χ0v) is 14.2. The highest BCUT2D eigenvalue weighted by molar-refractivity contribution is 5.78. The predicted octanol–water partition coefficient (Wildman–Crippen LogP) is 5.19. The molecule has 1 heterocycles. The van der Waals surface area contributed by atoms with E-state index in [1.807, 2.05) is 36.4 Å². The SMILES string of the molecule is CC(O)/C(F)=C/CCCCCCCOc1ccc2ccccc2n1. The summed E-state index contributed by atoms with van der Waals surface area (Å²) in [4.78, 5) is 4.48. The largest absolute Gasteiger partial charge is 0.478 e. The van der Waals surface area contributed by atoms with Crippen LogP contribution in [0.5, 0.6) is 5.88 Å². The Morgan fingerprint density at radius 3 is 2.71 bits per heavy atom. The van der Waals surface area contributed by atoms with E-state index < -0.39 is 11.9 Å². The van der Waals surface area contributed by atoms with Crippen LogP contribution in [0, 0.1) is 0 Å². The number of unbranched alkanes of at least 4 members (excludes halogenated alkanes) is 5. The van der Waals surface area contributed by atoms with Gasteiger partial charge in [-0.05, 0) is 38.3 Å². The first-order valence-electron chi connectivity index (χ1n) is 8.69. The van der Waals surface area contributed by atoms with E-state index >= 15 is 0 Å². The van der Waals surface area contributed by atoms with Crippen molar-refractivity contribution in [3.63, 3.8) is 0 Å². The molecular weight excluding hydrogens is 305 g/mol. The zero-order chi connectivity index (χ0) is 17.2. The second-order valence-electron chi connectivity index (χ2n) is 6.01. The number of hydrogen-bond acceptors (Lipinski definition) is 3. The molecule has 0 saturated carbocycles. The number of fused-ring (bicyclic) bond motifs is 1. The number of halogens is 1. The van der Waals surface area contributed by atoms with Crippen LogP contribution in [0.1, 0.15) is 45.4 Å². The molecule has 0 fully saturated rings. The summed E-state index contributed by atoms with van der Waals surface area (Å²) in [5.74, 6) is 0.249. The summed E-state index contributed by atoms with van der Waals surface area (Å²) in [6, 6.07) is 11.9. The van der Waals surface area contributed by atoms with Gasteiger partial charge in [0.15, 0.2) is 0 Å². The van der Waals surface area contributed by atoms with Gasteiger partial charge in [-0.25, -0.2) is 9.37 Å². The lowest BCUT2D eigenvalue weighted by atomic mass is 10.1. The first kappa shape index (κ1) is 18.4. The topological polar surface area (TPSA) is 42.4 Å². The maximum Gasteiger partial charge on any atom is 0.213 e. The van der Waals surface area contributed by atoms with Crippen LogP contribution in [-0.2, 0) is 0 Å². The molecule has 2 aromatic rings. The van der Waals surface area contributed by atoms with Gasteiger partial charge in [-0.1, -0.05) is 43.5 Å². The van der Waals surface area contributed by atoms with Crippen LogP contribution in [0.2, 0.25) is 0 Å². The fourth-order valence-corrected chi connectivity index (χ4v) is 2.49. The molecule has 1 aromatic heterocycles. The van der Waals surface area contributed by atoms with Gasteiger partial charge < -0.3 is 9.84 Å². The highest BCUT2D eigenvalue weighted by Crippen LogP contribution is 2.16. The van der Waals surface area contributed by atoms with Crippen LogP contribution in [0.4, 0.5) is 4.39 Å². The van der Waals surface area contributed by atoms with Crippen molar-refractivity contribution in [3.05, 3.63) is 48.3 Å². The van der Waals surface area contributed by atoms with Crippen molar-refractivity contribution in [3.8, 4) is 5.88 Å². The standard InChI is InChI=1S/C20H26FNO2/c1-16(23)18(21)11-6-4-2-3-5-9-15-24-20-14-13-17-10-7-8-12-19(17)22-20/h7-8,10-14,16,23H,2-6,9,15H2,1H3/b18-11-. The Morgan fingerprint density at radius 2 is 1.88 bits per heavy atom. The highest BCUT2D eigenvalue weighted by Gasteiger charge is 2.01. The average Bonchev–Trinajstić information content (AvgIpc) is 2.59. The van der Waals surface area contributed by atoms with Crippen molar-refractivity contribution in [2.75, 3.05) is 6.61 Å². The van der Waals surface area contributed by atoms with Gasteiger partial charge in [-0.2, -0.15) is 0 Å². The molecule has 4 heteroatoms. The number of rotatable bonds is 10. The van der Waals surface area contributed by atoms with Gasteiger partial charge in [0.2, 0.25) is 5.88 Å². The molecule has 1 unspecified atom stereocenters. The van der Waals surface area contributed by atoms with Crippen molar-refractivity contribution in [2.24, 2.45) is 0 Å². The summed E-state index contributed by atoms with van der Waals surface area (Å²) in [5.41, 5.74) is 0.951. The van der Waals surface area contributed by atoms with Gasteiger partial charge in [-0.15, -0.1) is 0 Å². The predicted molar refractivity (Wildman–Crippen MR) is 95.8 cm³/mol. The lowest BCUT2D eigenvalue weighted by molar-refractivity contribution is 0.201. The Balaban J connectivity index is 1.55. The van der Waals surface area contributed by atoms with E-state index in [1.54, 1.807) is 0 Å². The maximum absolute atomic E-state index is 13.0. The summed E-state index contributed by atoms with van der Waals surface area (Å²) >= 11 is 0. The number of aromatic nitrogens is 1. The number of ether oxygens (including phenoxy) is 1. The lowest BCUT2D eigenvalue weighted by Crippen LogP contribution is -1.99. The smallest absolute Gasteiger partial charge is 0.213 e. The molecule has 0 radical (unpaired) electrons. The Kier molecular flexibility index (Phi) is 7.69. The lowest BCUT2D eigenvalue weighted by Gasteiger charge is -2.06. The first-order valence-corrected chi connectivity index (χ1v) is 8.69. The normalized spacial score (nSPS) is 13.2. The molecule has 0 aliphatic rings. The van der Waals surface area contributed by atoms with Crippen LogP contribution in [-0.4, -0.2) is 22.8 Å². The van der Waals surface area contributed by atoms with Crippen LogP contribution in [0.25, 0.3) is 10.9 Å². The van der Waals surface area contributed by atoms with E-state index in [1.165, 1.54) is 13.0 Å². The van der Waals surface area contributed by atoms with Crippen molar-refractivity contribution in [2.45, 2.75) is 51.6 Å². The molecule has 0 saturated heterocycles. The van der Waals surface area contributed by atoms with Crippen molar-refractivity contribution in [1.82, 2.24) is 4.98 Å². The van der Waals surface area contributed by atoms with E-state index in [0.717, 1.165) is 43.0 Å². The molecule has 3 nitrogen and oxygen atoms in total. The third-order valence-corrected chi connectivity index (χ3v) is 3.91. The summed E-state index contributed by atoms with van der Waals surface area (Å²) < 4.78 is 18.8. The minimum Gasteiger partial charge on any atom is -0.478 e. The minimum atomic E-state index is -0.981. The van der Waals surface area contributed by atoms with Gasteiger partial charge in [-0.3, -0.25) is 0 Å². The van der Waals surface area contributed by atoms with Crippen LogP contribution in [0.15, 0.2) is 48.3 Å². The van der Waals surface area contributed by atoms with E-state index in [2.05, 4.69) is 4.98 Å². The second-order valence-corrected chi connectivity index (χ2v) is 6.01. The van der Waals surface area contributed by atoms with Gasteiger partial charge in [0, 0.05) is 11.5 Å². The van der Waals surface area contributed by atoms with Crippen LogP contribution in [0.3, 0.4) is 0 Å². The first-order chi connectivity index (χ1) is 11.7. The molecule has 130 valence electrons. The molecular formula is C20H26FNO2. The Morgan fingerprint density at radius 1 is 1.12 bits per heavy atom. The number of benzene rings is 1. The minimum absolute atomic E-state index is 0.425. The molecule has 0 aliphatic carbocycles. The Bertz CT molecular complexity index is 655. The summed E-state index contributed by atoms with van der Waals surface area (Å²) in [6.07, 6.45) is 6.41. The molecule has 1 atom stereocenters. The molecule has 0 bridgehead atoms. The molecule has 2 rings (SSSR count). The molecule has 0 aliphatic heterocycles.